The SMILES string of the molecule is O[C@]1(CNCc2ccc(-n3cccn3)cc2)CNCCOC1. The first-order chi connectivity index (χ1) is 10.8. The number of nitrogens with zero attached hydrogens (tertiary/aromatic N) is 2. The summed E-state index contributed by atoms with van der Waals surface area (Å²) in [5.74, 6) is 0. The quantitative estimate of drug-likeness (QED) is 0.742. The van der Waals surface area contributed by atoms with Gasteiger partial charge in [0.15, 0.2) is 0 Å². The predicted molar refractivity (Wildman–Crippen MR) is 83.9 cm³/mol. The maximum atomic E-state index is 10.4. The summed E-state index contributed by atoms with van der Waals surface area (Å²) in [5.41, 5.74) is 1.36. The highest BCUT2D eigenvalue weighted by Crippen LogP contribution is 2.10. The zero-order valence-electron chi connectivity index (χ0n) is 12.5. The Kier molecular flexibility index (Phi) is 4.84. The molecule has 2 aromatic rings. The van der Waals surface area contributed by atoms with Gasteiger partial charge in [-0.2, -0.15) is 5.10 Å². The van der Waals surface area contributed by atoms with Crippen LogP contribution in [-0.4, -0.2) is 53.3 Å². The number of hydrogen-bond acceptors (Lipinski definition) is 5. The van der Waals surface area contributed by atoms with E-state index in [0.29, 0.717) is 32.8 Å². The van der Waals surface area contributed by atoms with Gasteiger partial charge in [-0.25, -0.2) is 4.68 Å². The molecule has 3 N–H and O–H groups in total. The molecule has 0 spiro atoms. The minimum atomic E-state index is -0.842. The third-order valence-corrected chi connectivity index (χ3v) is 3.74. The summed E-state index contributed by atoms with van der Waals surface area (Å²) in [7, 11) is 0. The van der Waals surface area contributed by atoms with E-state index in [-0.39, 0.29) is 0 Å². The van der Waals surface area contributed by atoms with Crippen LogP contribution < -0.4 is 10.6 Å². The molecule has 1 saturated heterocycles. The standard InChI is InChI=1S/C16H22N4O2/c21-16(11-17-7-9-22-13-16)12-18-10-14-2-4-15(5-3-14)20-8-1-6-19-20/h1-6,8,17-18,21H,7,9-13H2/t16-/m0/s1. The van der Waals surface area contributed by atoms with Crippen LogP contribution in [0.4, 0.5) is 0 Å². The molecule has 1 aromatic carbocycles. The molecule has 0 saturated carbocycles. The van der Waals surface area contributed by atoms with Crippen molar-refractivity contribution in [2.75, 3.05) is 32.8 Å². The molecule has 118 valence electrons. The molecule has 1 aliphatic rings. The lowest BCUT2D eigenvalue weighted by molar-refractivity contribution is -0.0264. The lowest BCUT2D eigenvalue weighted by Gasteiger charge is -2.26. The fourth-order valence-corrected chi connectivity index (χ4v) is 2.52. The zero-order valence-corrected chi connectivity index (χ0v) is 12.5. The van der Waals surface area contributed by atoms with Crippen LogP contribution >= 0.6 is 0 Å². The Morgan fingerprint density at radius 2 is 2.23 bits per heavy atom. The van der Waals surface area contributed by atoms with Crippen molar-refractivity contribution in [2.24, 2.45) is 0 Å². The second-order valence-corrected chi connectivity index (χ2v) is 5.67. The molecule has 0 unspecified atom stereocenters. The maximum absolute atomic E-state index is 10.4. The summed E-state index contributed by atoms with van der Waals surface area (Å²) in [6.45, 7) is 3.57. The molecule has 6 nitrogen and oxygen atoms in total. The molecule has 22 heavy (non-hydrogen) atoms. The number of benzene rings is 1. The number of aromatic nitrogens is 2. The van der Waals surface area contributed by atoms with Crippen molar-refractivity contribution < 1.29 is 9.84 Å². The average molecular weight is 302 g/mol. The van der Waals surface area contributed by atoms with Crippen molar-refractivity contribution in [3.63, 3.8) is 0 Å². The predicted octanol–water partition coefficient (Wildman–Crippen LogP) is 0.313. The van der Waals surface area contributed by atoms with Crippen molar-refractivity contribution in [3.05, 3.63) is 48.3 Å². The van der Waals surface area contributed by atoms with E-state index in [1.54, 1.807) is 6.20 Å². The van der Waals surface area contributed by atoms with Gasteiger partial charge < -0.3 is 20.5 Å². The van der Waals surface area contributed by atoms with Crippen molar-refractivity contribution in [3.8, 4) is 5.69 Å². The molecule has 1 aliphatic heterocycles. The first kappa shape index (κ1) is 15.2. The molecule has 0 radical (unpaired) electrons. The number of aliphatic hydroxyl groups is 1. The first-order valence-electron chi connectivity index (χ1n) is 7.56. The van der Waals surface area contributed by atoms with Gasteiger partial charge in [-0.1, -0.05) is 12.1 Å². The molecule has 0 aliphatic carbocycles. The summed E-state index contributed by atoms with van der Waals surface area (Å²) < 4.78 is 7.24. The topological polar surface area (TPSA) is 71.3 Å². The number of ether oxygens (including phenoxy) is 1. The van der Waals surface area contributed by atoms with Crippen molar-refractivity contribution >= 4 is 0 Å². The molecule has 6 heteroatoms. The van der Waals surface area contributed by atoms with Crippen LogP contribution in [-0.2, 0) is 11.3 Å². The second-order valence-electron chi connectivity index (χ2n) is 5.67. The summed E-state index contributed by atoms with van der Waals surface area (Å²) in [6, 6.07) is 10.1. The molecule has 1 aromatic heterocycles. The largest absolute Gasteiger partial charge is 0.385 e. The Balaban J connectivity index is 1.51. The van der Waals surface area contributed by atoms with Gasteiger partial charge >= 0.3 is 0 Å². The van der Waals surface area contributed by atoms with Crippen LogP contribution in [0.25, 0.3) is 5.69 Å². The first-order valence-corrected chi connectivity index (χ1v) is 7.56. The molecule has 3 rings (SSSR count). The van der Waals surface area contributed by atoms with Gasteiger partial charge in [0.05, 0.1) is 18.9 Å². The Labute approximate surface area is 130 Å². The van der Waals surface area contributed by atoms with Crippen LogP contribution in [0.15, 0.2) is 42.7 Å². The van der Waals surface area contributed by atoms with Crippen LogP contribution in [0.5, 0.6) is 0 Å². The van der Waals surface area contributed by atoms with Gasteiger partial charge in [-0.05, 0) is 23.8 Å². The lowest BCUT2D eigenvalue weighted by Crippen LogP contribution is -2.50. The third kappa shape index (κ3) is 3.92. The molecule has 1 fully saturated rings. The van der Waals surface area contributed by atoms with Gasteiger partial charge in [-0.3, -0.25) is 0 Å². The Bertz CT molecular complexity index is 560. The molecule has 2 heterocycles. The highest BCUT2D eigenvalue weighted by molar-refractivity contribution is 5.33. The fourth-order valence-electron chi connectivity index (χ4n) is 2.52. The van der Waals surface area contributed by atoms with E-state index in [1.807, 2.05) is 29.1 Å². The Morgan fingerprint density at radius 1 is 1.36 bits per heavy atom. The van der Waals surface area contributed by atoms with E-state index in [2.05, 4.69) is 27.9 Å². The van der Waals surface area contributed by atoms with E-state index in [0.717, 1.165) is 12.2 Å². The summed E-state index contributed by atoms with van der Waals surface area (Å²) >= 11 is 0. The van der Waals surface area contributed by atoms with Gasteiger partial charge in [0.2, 0.25) is 0 Å². The van der Waals surface area contributed by atoms with E-state index >= 15 is 0 Å². The summed E-state index contributed by atoms with van der Waals surface area (Å²) in [5, 5.41) is 21.1. The van der Waals surface area contributed by atoms with Crippen molar-refractivity contribution in [1.82, 2.24) is 20.4 Å². The minimum Gasteiger partial charge on any atom is -0.385 e. The summed E-state index contributed by atoms with van der Waals surface area (Å²) in [6.07, 6.45) is 3.68. The number of rotatable bonds is 5. The second kappa shape index (κ2) is 7.02. The van der Waals surface area contributed by atoms with Gasteiger partial charge in [0, 0.05) is 38.6 Å². The number of nitrogens with one attached hydrogen (secondary N) is 2. The van der Waals surface area contributed by atoms with E-state index in [1.165, 1.54) is 5.56 Å². The van der Waals surface area contributed by atoms with Crippen molar-refractivity contribution in [2.45, 2.75) is 12.1 Å². The van der Waals surface area contributed by atoms with Gasteiger partial charge in [-0.15, -0.1) is 0 Å². The fraction of sp³-hybridized carbons (Fsp3) is 0.438. The zero-order chi connectivity index (χ0) is 15.3. The molecule has 0 bridgehead atoms. The van der Waals surface area contributed by atoms with Crippen LogP contribution in [0.1, 0.15) is 5.56 Å². The third-order valence-electron chi connectivity index (χ3n) is 3.74. The molecular formula is C16H22N4O2. The summed E-state index contributed by atoms with van der Waals surface area (Å²) in [4.78, 5) is 0. The monoisotopic (exact) mass is 302 g/mol. The van der Waals surface area contributed by atoms with Gasteiger partial charge in [0.25, 0.3) is 0 Å². The highest BCUT2D eigenvalue weighted by atomic mass is 16.5. The van der Waals surface area contributed by atoms with Crippen LogP contribution in [0.2, 0.25) is 0 Å². The minimum absolute atomic E-state index is 0.366. The Morgan fingerprint density at radius 3 is 3.00 bits per heavy atom. The van der Waals surface area contributed by atoms with Crippen LogP contribution in [0.3, 0.4) is 0 Å². The molecule has 1 atom stereocenters. The average Bonchev–Trinajstić information content (AvgIpc) is 2.98. The smallest absolute Gasteiger partial charge is 0.113 e. The molecular weight excluding hydrogens is 280 g/mol. The van der Waals surface area contributed by atoms with Crippen LogP contribution in [0, 0.1) is 0 Å². The van der Waals surface area contributed by atoms with Gasteiger partial charge in [0.1, 0.15) is 5.60 Å². The maximum Gasteiger partial charge on any atom is 0.113 e. The van der Waals surface area contributed by atoms with Crippen molar-refractivity contribution in [1.29, 1.82) is 0 Å². The lowest BCUT2D eigenvalue weighted by atomic mass is 10.1. The van der Waals surface area contributed by atoms with E-state index < -0.39 is 5.60 Å². The number of hydrogen-bond donors (Lipinski definition) is 3. The van der Waals surface area contributed by atoms with E-state index in [4.69, 9.17) is 4.74 Å². The highest BCUT2D eigenvalue weighted by Gasteiger charge is 2.28. The normalized spacial score (nSPS) is 22.4. The Hall–Kier alpha value is -1.73. The van der Waals surface area contributed by atoms with E-state index in [9.17, 15) is 5.11 Å². The molecule has 0 amide bonds. The number of β-amino-alcohol motifs (C(OH)–C–C–N with tert-alkyl or cyclic N) is 1.